The Morgan fingerprint density at radius 2 is 2.00 bits per heavy atom. The van der Waals surface area contributed by atoms with Crippen molar-refractivity contribution >= 4 is 31.9 Å². The first kappa shape index (κ1) is 21.8. The van der Waals surface area contributed by atoms with Crippen LogP contribution in [-0.4, -0.2) is 27.0 Å². The number of rotatable bonds is 10. The van der Waals surface area contributed by atoms with Crippen molar-refractivity contribution in [2.45, 2.75) is 50.1 Å². The number of ether oxygens (including phenoxy) is 1. The Kier molecular flexibility index (Phi) is 7.32. The Labute approximate surface area is 180 Å². The van der Waals surface area contributed by atoms with Crippen LogP contribution in [0.1, 0.15) is 48.5 Å². The molecule has 0 aromatic heterocycles. The fraction of sp³-hybridized carbons (Fsp3) is 0.381. The van der Waals surface area contributed by atoms with Crippen molar-refractivity contribution in [3.63, 3.8) is 0 Å². The van der Waals surface area contributed by atoms with Crippen LogP contribution in [0.3, 0.4) is 0 Å². The van der Waals surface area contributed by atoms with Crippen molar-refractivity contribution < 1.29 is 17.9 Å². The van der Waals surface area contributed by atoms with Crippen LogP contribution in [0.25, 0.3) is 0 Å². The minimum Gasteiger partial charge on any atom is -0.494 e. The maximum absolute atomic E-state index is 12.7. The summed E-state index contributed by atoms with van der Waals surface area (Å²) in [6, 6.07) is 12.0. The van der Waals surface area contributed by atoms with E-state index in [4.69, 9.17) is 4.74 Å². The fourth-order valence-corrected chi connectivity index (χ4v) is 4.45. The van der Waals surface area contributed by atoms with Crippen LogP contribution in [-0.2, 0) is 16.6 Å². The lowest BCUT2D eigenvalue weighted by atomic mass is 10.2. The number of halogens is 1. The molecule has 2 aromatic carbocycles. The number of unbranched alkanes of at least 4 members (excludes halogenated alkanes) is 1. The summed E-state index contributed by atoms with van der Waals surface area (Å²) in [5.74, 6) is 0.420. The molecule has 2 N–H and O–H groups in total. The van der Waals surface area contributed by atoms with Crippen molar-refractivity contribution in [3.05, 3.63) is 58.1 Å². The molecule has 0 atom stereocenters. The zero-order chi connectivity index (χ0) is 20.9. The highest BCUT2D eigenvalue weighted by molar-refractivity contribution is 9.10. The second kappa shape index (κ2) is 9.73. The number of nitrogens with one attached hydrogen (secondary N) is 2. The van der Waals surface area contributed by atoms with Gasteiger partial charge in [-0.05, 0) is 71.1 Å². The molecule has 1 aliphatic rings. The third-order valence-corrected chi connectivity index (χ3v) is 6.72. The van der Waals surface area contributed by atoms with Crippen LogP contribution in [0.2, 0.25) is 0 Å². The number of benzene rings is 2. The van der Waals surface area contributed by atoms with Crippen molar-refractivity contribution in [2.75, 3.05) is 6.61 Å². The van der Waals surface area contributed by atoms with Crippen molar-refractivity contribution in [2.24, 2.45) is 0 Å². The van der Waals surface area contributed by atoms with Crippen LogP contribution in [0.5, 0.6) is 5.75 Å². The van der Waals surface area contributed by atoms with Crippen LogP contribution in [0.4, 0.5) is 0 Å². The summed E-state index contributed by atoms with van der Waals surface area (Å²) in [5.41, 5.74) is 1.18. The molecule has 3 rings (SSSR count). The lowest BCUT2D eigenvalue weighted by Crippen LogP contribution is -2.27. The molecule has 8 heteroatoms. The average molecular weight is 481 g/mol. The molecule has 0 saturated heterocycles. The maximum Gasteiger partial charge on any atom is 0.252 e. The van der Waals surface area contributed by atoms with Gasteiger partial charge < -0.3 is 10.1 Å². The first-order chi connectivity index (χ1) is 13.9. The first-order valence-corrected chi connectivity index (χ1v) is 12.0. The lowest BCUT2D eigenvalue weighted by molar-refractivity contribution is 0.0950. The van der Waals surface area contributed by atoms with E-state index in [1.54, 1.807) is 6.07 Å². The summed E-state index contributed by atoms with van der Waals surface area (Å²) in [4.78, 5) is 12.7. The summed E-state index contributed by atoms with van der Waals surface area (Å²) in [5, 5.41) is 2.84. The van der Waals surface area contributed by atoms with Gasteiger partial charge in [-0.15, -0.1) is 0 Å². The maximum atomic E-state index is 12.7. The van der Waals surface area contributed by atoms with Gasteiger partial charge in [0.2, 0.25) is 10.0 Å². The van der Waals surface area contributed by atoms with Crippen LogP contribution in [0.15, 0.2) is 51.8 Å². The highest BCUT2D eigenvalue weighted by atomic mass is 79.9. The standard InChI is InChI=1S/C21H25BrN2O4S/c1-2-3-11-28-17-6-4-5-15(12-17)14-23-21(25)19-13-18(9-10-20(19)22)29(26,27)24-16-7-8-16/h4-6,9-10,12-13,16,24H,2-3,7-8,11,14H2,1H3,(H,23,25). The Bertz CT molecular complexity index is 974. The molecule has 1 aliphatic carbocycles. The second-order valence-electron chi connectivity index (χ2n) is 7.07. The largest absolute Gasteiger partial charge is 0.494 e. The van der Waals surface area contributed by atoms with E-state index in [9.17, 15) is 13.2 Å². The van der Waals surface area contributed by atoms with Gasteiger partial charge in [0, 0.05) is 17.1 Å². The predicted octanol–water partition coefficient (Wildman–Crippen LogP) is 4.00. The summed E-state index contributed by atoms with van der Waals surface area (Å²) < 4.78 is 33.7. The highest BCUT2D eigenvalue weighted by Gasteiger charge is 2.28. The highest BCUT2D eigenvalue weighted by Crippen LogP contribution is 2.25. The van der Waals surface area contributed by atoms with Crippen molar-refractivity contribution in [3.8, 4) is 5.75 Å². The molecular formula is C21H25BrN2O4S. The van der Waals surface area contributed by atoms with E-state index in [2.05, 4.69) is 32.9 Å². The zero-order valence-electron chi connectivity index (χ0n) is 16.3. The summed E-state index contributed by atoms with van der Waals surface area (Å²) >= 11 is 3.34. The number of hydrogen-bond donors (Lipinski definition) is 2. The van der Waals surface area contributed by atoms with Gasteiger partial charge in [-0.25, -0.2) is 13.1 Å². The van der Waals surface area contributed by atoms with Gasteiger partial charge in [-0.2, -0.15) is 0 Å². The molecule has 0 unspecified atom stereocenters. The molecule has 0 heterocycles. The van der Waals surface area contributed by atoms with Crippen LogP contribution in [0, 0.1) is 0 Å². The molecule has 0 radical (unpaired) electrons. The van der Waals surface area contributed by atoms with Gasteiger partial charge in [-0.3, -0.25) is 4.79 Å². The topological polar surface area (TPSA) is 84.5 Å². The van der Waals surface area contributed by atoms with Gasteiger partial charge in [0.25, 0.3) is 5.91 Å². The lowest BCUT2D eigenvalue weighted by Gasteiger charge is -2.11. The SMILES string of the molecule is CCCCOc1cccc(CNC(=O)c2cc(S(=O)(=O)NC3CC3)ccc2Br)c1. The van der Waals surface area contributed by atoms with Gasteiger partial charge in [0.05, 0.1) is 17.1 Å². The smallest absolute Gasteiger partial charge is 0.252 e. The molecular weight excluding hydrogens is 456 g/mol. The van der Waals surface area contributed by atoms with Crippen molar-refractivity contribution in [1.29, 1.82) is 0 Å². The van der Waals surface area contributed by atoms with Crippen molar-refractivity contribution in [1.82, 2.24) is 10.0 Å². The van der Waals surface area contributed by atoms with Gasteiger partial charge in [0.1, 0.15) is 5.75 Å². The monoisotopic (exact) mass is 480 g/mol. The Morgan fingerprint density at radius 3 is 2.72 bits per heavy atom. The normalized spacial score (nSPS) is 13.9. The molecule has 2 aromatic rings. The summed E-state index contributed by atoms with van der Waals surface area (Å²) in [6.45, 7) is 3.08. The van der Waals surface area contributed by atoms with Crippen LogP contribution >= 0.6 is 15.9 Å². The van der Waals surface area contributed by atoms with Gasteiger partial charge in [-0.1, -0.05) is 25.5 Å². The Hall–Kier alpha value is -1.90. The van der Waals surface area contributed by atoms with E-state index in [0.717, 1.165) is 37.0 Å². The number of amides is 1. The molecule has 0 bridgehead atoms. The molecule has 29 heavy (non-hydrogen) atoms. The second-order valence-corrected chi connectivity index (χ2v) is 9.64. The fourth-order valence-electron chi connectivity index (χ4n) is 2.69. The Balaban J connectivity index is 1.66. The summed E-state index contributed by atoms with van der Waals surface area (Å²) in [7, 11) is -3.62. The molecule has 6 nitrogen and oxygen atoms in total. The number of carbonyl (C=O) groups excluding carboxylic acids is 1. The molecule has 156 valence electrons. The average Bonchev–Trinajstić information content (AvgIpc) is 3.50. The van der Waals surface area contributed by atoms with E-state index >= 15 is 0 Å². The van der Waals surface area contributed by atoms with E-state index in [1.807, 2.05) is 24.3 Å². The van der Waals surface area contributed by atoms with Gasteiger partial charge in [0.15, 0.2) is 0 Å². The number of carbonyl (C=O) groups is 1. The predicted molar refractivity (Wildman–Crippen MR) is 116 cm³/mol. The minimum absolute atomic E-state index is 0.00717. The summed E-state index contributed by atoms with van der Waals surface area (Å²) in [6.07, 6.45) is 3.76. The zero-order valence-corrected chi connectivity index (χ0v) is 18.7. The van der Waals surface area contributed by atoms with E-state index in [-0.39, 0.29) is 22.4 Å². The third-order valence-electron chi connectivity index (χ3n) is 4.51. The van der Waals surface area contributed by atoms with E-state index < -0.39 is 10.0 Å². The third kappa shape index (κ3) is 6.29. The number of sulfonamides is 1. The molecule has 0 spiro atoms. The molecule has 0 aliphatic heterocycles. The quantitative estimate of drug-likeness (QED) is 0.503. The Morgan fingerprint density at radius 1 is 1.21 bits per heavy atom. The molecule has 1 fully saturated rings. The van der Waals surface area contributed by atoms with E-state index in [0.29, 0.717) is 17.6 Å². The van der Waals surface area contributed by atoms with E-state index in [1.165, 1.54) is 12.1 Å². The van der Waals surface area contributed by atoms with Gasteiger partial charge >= 0.3 is 0 Å². The minimum atomic E-state index is -3.62. The first-order valence-electron chi connectivity index (χ1n) is 9.71. The molecule has 1 saturated carbocycles. The molecule has 1 amide bonds. The van der Waals surface area contributed by atoms with Crippen LogP contribution < -0.4 is 14.8 Å². The number of hydrogen-bond acceptors (Lipinski definition) is 4.